The average Bonchev–Trinajstić information content (AvgIpc) is 2.40. The second-order valence-electron chi connectivity index (χ2n) is 4.97. The molecule has 1 aromatic rings. The lowest BCUT2D eigenvalue weighted by Crippen LogP contribution is -2.41. The van der Waals surface area contributed by atoms with Gasteiger partial charge in [0.25, 0.3) is 0 Å². The summed E-state index contributed by atoms with van der Waals surface area (Å²) in [5, 5.41) is 13.6. The molecule has 1 fully saturated rings. The molecule has 0 unspecified atom stereocenters. The summed E-state index contributed by atoms with van der Waals surface area (Å²) >= 11 is 11.8. The lowest BCUT2D eigenvalue weighted by molar-refractivity contribution is -0.143. The predicted molar refractivity (Wildman–Crippen MR) is 76.7 cm³/mol. The van der Waals surface area contributed by atoms with E-state index in [1.807, 2.05) is 12.1 Å². The fourth-order valence-electron chi connectivity index (χ4n) is 2.57. The highest BCUT2D eigenvalue weighted by atomic mass is 35.5. The minimum Gasteiger partial charge on any atom is -0.481 e. The van der Waals surface area contributed by atoms with E-state index in [1.165, 1.54) is 0 Å². The first-order valence-electron chi connectivity index (χ1n) is 6.48. The summed E-state index contributed by atoms with van der Waals surface area (Å²) in [7, 11) is 0. The number of hydrogen-bond acceptors (Lipinski definition) is 2. The average molecular weight is 302 g/mol. The standard InChI is InChI=1S/C14H17Cl2NO2/c15-11-6-5-9(7-12(11)16)8-17-13-4-2-1-3-10(13)14(18)19/h5-7,10,13,17H,1-4,8H2,(H,18,19)/t10-,13+/m1/s1. The molecule has 1 aliphatic carbocycles. The molecule has 0 amide bonds. The lowest BCUT2D eigenvalue weighted by Gasteiger charge is -2.29. The van der Waals surface area contributed by atoms with Gasteiger partial charge in [-0.15, -0.1) is 0 Å². The summed E-state index contributed by atoms with van der Waals surface area (Å²) in [6, 6.07) is 5.52. The van der Waals surface area contributed by atoms with Gasteiger partial charge in [0, 0.05) is 12.6 Å². The maximum Gasteiger partial charge on any atom is 0.308 e. The van der Waals surface area contributed by atoms with E-state index in [1.54, 1.807) is 6.07 Å². The van der Waals surface area contributed by atoms with E-state index >= 15 is 0 Å². The molecular formula is C14H17Cl2NO2. The highest BCUT2D eigenvalue weighted by molar-refractivity contribution is 6.42. The Labute approximate surface area is 122 Å². The van der Waals surface area contributed by atoms with Gasteiger partial charge >= 0.3 is 5.97 Å². The van der Waals surface area contributed by atoms with Crippen LogP contribution in [0.15, 0.2) is 18.2 Å². The zero-order valence-corrected chi connectivity index (χ0v) is 12.0. The van der Waals surface area contributed by atoms with Crippen molar-refractivity contribution >= 4 is 29.2 Å². The fourth-order valence-corrected chi connectivity index (χ4v) is 2.89. The van der Waals surface area contributed by atoms with Gasteiger partial charge in [-0.25, -0.2) is 0 Å². The van der Waals surface area contributed by atoms with Gasteiger partial charge in [0.15, 0.2) is 0 Å². The molecule has 1 aliphatic rings. The van der Waals surface area contributed by atoms with Crippen LogP contribution in [0.1, 0.15) is 31.2 Å². The molecule has 0 aromatic heterocycles. The van der Waals surface area contributed by atoms with Gasteiger partial charge in [0.2, 0.25) is 0 Å². The van der Waals surface area contributed by atoms with Crippen LogP contribution in [0.25, 0.3) is 0 Å². The summed E-state index contributed by atoms with van der Waals surface area (Å²) in [5.74, 6) is -0.983. The number of carbonyl (C=O) groups is 1. The Balaban J connectivity index is 1.96. The van der Waals surface area contributed by atoms with Crippen LogP contribution in [0.4, 0.5) is 0 Å². The maximum absolute atomic E-state index is 11.2. The van der Waals surface area contributed by atoms with Crippen molar-refractivity contribution < 1.29 is 9.90 Å². The number of benzene rings is 1. The van der Waals surface area contributed by atoms with Gasteiger partial charge in [-0.1, -0.05) is 42.1 Å². The van der Waals surface area contributed by atoms with E-state index in [-0.39, 0.29) is 12.0 Å². The molecule has 0 spiro atoms. The first-order valence-corrected chi connectivity index (χ1v) is 7.23. The van der Waals surface area contributed by atoms with E-state index in [9.17, 15) is 9.90 Å². The van der Waals surface area contributed by atoms with Crippen molar-refractivity contribution in [3.63, 3.8) is 0 Å². The summed E-state index contributed by atoms with van der Waals surface area (Å²) in [4.78, 5) is 11.2. The number of carboxylic acids is 1. The van der Waals surface area contributed by atoms with Gasteiger partial charge in [-0.2, -0.15) is 0 Å². The first kappa shape index (κ1) is 14.6. The molecule has 1 saturated carbocycles. The number of rotatable bonds is 4. The zero-order valence-electron chi connectivity index (χ0n) is 10.5. The van der Waals surface area contributed by atoms with Crippen molar-refractivity contribution in [1.82, 2.24) is 5.32 Å². The van der Waals surface area contributed by atoms with Gasteiger partial charge in [0.05, 0.1) is 16.0 Å². The van der Waals surface area contributed by atoms with E-state index in [2.05, 4.69) is 5.32 Å². The Bertz CT molecular complexity index is 465. The number of carboxylic acid groups (broad SMARTS) is 1. The third-order valence-electron chi connectivity index (χ3n) is 3.64. The summed E-state index contributed by atoms with van der Waals surface area (Å²) in [6.07, 6.45) is 3.76. The van der Waals surface area contributed by atoms with E-state index in [0.717, 1.165) is 31.2 Å². The first-order chi connectivity index (χ1) is 9.08. The Morgan fingerprint density at radius 3 is 2.68 bits per heavy atom. The van der Waals surface area contributed by atoms with Crippen LogP contribution in [0.2, 0.25) is 10.0 Å². The van der Waals surface area contributed by atoms with Crippen molar-refractivity contribution in [2.75, 3.05) is 0 Å². The second-order valence-corrected chi connectivity index (χ2v) is 5.78. The summed E-state index contributed by atoms with van der Waals surface area (Å²) in [5.41, 5.74) is 1.02. The van der Waals surface area contributed by atoms with Gasteiger partial charge < -0.3 is 10.4 Å². The van der Waals surface area contributed by atoms with Gasteiger partial charge in [0.1, 0.15) is 0 Å². The predicted octanol–water partition coefficient (Wildman–Crippen LogP) is 3.73. The molecular weight excluding hydrogens is 285 g/mol. The highest BCUT2D eigenvalue weighted by Gasteiger charge is 2.30. The molecule has 1 aromatic carbocycles. The maximum atomic E-state index is 11.2. The van der Waals surface area contributed by atoms with Gasteiger partial charge in [-0.05, 0) is 30.5 Å². The van der Waals surface area contributed by atoms with Crippen LogP contribution >= 0.6 is 23.2 Å². The topological polar surface area (TPSA) is 49.3 Å². The second kappa shape index (κ2) is 6.60. The van der Waals surface area contributed by atoms with E-state index < -0.39 is 5.97 Å². The normalized spacial score (nSPS) is 23.3. The van der Waals surface area contributed by atoms with Crippen LogP contribution in [0, 0.1) is 5.92 Å². The molecule has 19 heavy (non-hydrogen) atoms. The largest absolute Gasteiger partial charge is 0.481 e. The molecule has 2 N–H and O–H groups in total. The SMILES string of the molecule is O=C(O)[C@@H]1CCCC[C@@H]1NCc1ccc(Cl)c(Cl)c1. The monoisotopic (exact) mass is 301 g/mol. The Kier molecular flexibility index (Phi) is 5.08. The minimum atomic E-state index is -0.702. The number of nitrogens with one attached hydrogen (secondary N) is 1. The fraction of sp³-hybridized carbons (Fsp3) is 0.500. The van der Waals surface area contributed by atoms with Crippen LogP contribution in [-0.2, 0) is 11.3 Å². The number of halogens is 2. The molecule has 0 bridgehead atoms. The molecule has 0 heterocycles. The van der Waals surface area contributed by atoms with Crippen molar-refractivity contribution in [3.05, 3.63) is 33.8 Å². The van der Waals surface area contributed by atoms with Crippen molar-refractivity contribution in [2.45, 2.75) is 38.3 Å². The molecule has 0 aliphatic heterocycles. The molecule has 0 radical (unpaired) electrons. The van der Waals surface area contributed by atoms with Gasteiger partial charge in [-0.3, -0.25) is 4.79 Å². The van der Waals surface area contributed by atoms with Crippen molar-refractivity contribution in [2.24, 2.45) is 5.92 Å². The zero-order chi connectivity index (χ0) is 13.8. The summed E-state index contributed by atoms with van der Waals surface area (Å²) < 4.78 is 0. The Morgan fingerprint density at radius 1 is 1.26 bits per heavy atom. The Hall–Kier alpha value is -0.770. The van der Waals surface area contributed by atoms with Crippen LogP contribution in [0.3, 0.4) is 0 Å². The van der Waals surface area contributed by atoms with Crippen molar-refractivity contribution in [3.8, 4) is 0 Å². The van der Waals surface area contributed by atoms with Crippen molar-refractivity contribution in [1.29, 1.82) is 0 Å². The molecule has 104 valence electrons. The van der Waals surface area contributed by atoms with E-state index in [0.29, 0.717) is 16.6 Å². The van der Waals surface area contributed by atoms with Crippen LogP contribution in [0.5, 0.6) is 0 Å². The smallest absolute Gasteiger partial charge is 0.308 e. The van der Waals surface area contributed by atoms with Crippen LogP contribution in [-0.4, -0.2) is 17.1 Å². The molecule has 3 nitrogen and oxygen atoms in total. The Morgan fingerprint density at radius 2 is 2.00 bits per heavy atom. The summed E-state index contributed by atoms with van der Waals surface area (Å²) in [6.45, 7) is 0.616. The van der Waals surface area contributed by atoms with E-state index in [4.69, 9.17) is 23.2 Å². The quantitative estimate of drug-likeness (QED) is 0.891. The molecule has 0 saturated heterocycles. The molecule has 2 rings (SSSR count). The molecule has 5 heteroatoms. The molecule has 2 atom stereocenters. The third kappa shape index (κ3) is 3.85. The highest BCUT2D eigenvalue weighted by Crippen LogP contribution is 2.26. The third-order valence-corrected chi connectivity index (χ3v) is 4.37. The number of hydrogen-bond donors (Lipinski definition) is 2. The van der Waals surface area contributed by atoms with Crippen LogP contribution < -0.4 is 5.32 Å². The number of aliphatic carboxylic acids is 1. The lowest BCUT2D eigenvalue weighted by atomic mass is 9.84. The minimum absolute atomic E-state index is 0.0423.